The quantitative estimate of drug-likeness (QED) is 0.893. The minimum atomic E-state index is 0. The van der Waals surface area contributed by atoms with Crippen LogP contribution < -0.4 is 10.1 Å². The normalized spacial score (nSPS) is 20.9. The number of benzene rings is 1. The van der Waals surface area contributed by atoms with Crippen LogP contribution in [0, 0.1) is 0 Å². The average Bonchev–Trinajstić information content (AvgIpc) is 2.36. The van der Waals surface area contributed by atoms with Gasteiger partial charge in [-0.2, -0.15) is 0 Å². The summed E-state index contributed by atoms with van der Waals surface area (Å²) in [5, 5.41) is 3.63. The summed E-state index contributed by atoms with van der Waals surface area (Å²) >= 11 is 0. The van der Waals surface area contributed by atoms with E-state index in [2.05, 4.69) is 31.3 Å². The lowest BCUT2D eigenvalue weighted by atomic mass is 9.94. The van der Waals surface area contributed by atoms with Gasteiger partial charge in [-0.1, -0.05) is 12.1 Å². The van der Waals surface area contributed by atoms with E-state index in [1.54, 1.807) is 0 Å². The zero-order chi connectivity index (χ0) is 14.6. The minimum absolute atomic E-state index is 0. The van der Waals surface area contributed by atoms with Gasteiger partial charge in [-0.15, -0.1) is 12.4 Å². The monoisotopic (exact) mass is 313 g/mol. The van der Waals surface area contributed by atoms with E-state index < -0.39 is 0 Å². The van der Waals surface area contributed by atoms with Gasteiger partial charge in [-0.3, -0.25) is 0 Å². The smallest absolute Gasteiger partial charge is 0.119 e. The Hall–Kier alpha value is -0.770. The van der Waals surface area contributed by atoms with Gasteiger partial charge in [0.25, 0.3) is 0 Å². The molecule has 1 N–H and O–H groups in total. The maximum Gasteiger partial charge on any atom is 0.119 e. The Labute approximate surface area is 134 Å². The molecule has 1 fully saturated rings. The van der Waals surface area contributed by atoms with Crippen molar-refractivity contribution in [3.05, 3.63) is 29.8 Å². The lowest BCUT2D eigenvalue weighted by Crippen LogP contribution is -2.43. The molecule has 1 aromatic carbocycles. The Bertz CT molecular complexity index is 417. The fourth-order valence-electron chi connectivity index (χ4n) is 2.63. The highest BCUT2D eigenvalue weighted by Crippen LogP contribution is 2.24. The molecule has 1 saturated heterocycles. The van der Waals surface area contributed by atoms with Crippen LogP contribution in [0.2, 0.25) is 0 Å². The largest absolute Gasteiger partial charge is 0.491 e. The second-order valence-electron chi connectivity index (χ2n) is 6.49. The van der Waals surface area contributed by atoms with Gasteiger partial charge in [-0.05, 0) is 58.2 Å². The van der Waals surface area contributed by atoms with E-state index in [9.17, 15) is 0 Å². The van der Waals surface area contributed by atoms with Gasteiger partial charge < -0.3 is 14.8 Å². The molecule has 21 heavy (non-hydrogen) atoms. The van der Waals surface area contributed by atoms with Crippen LogP contribution in [0.15, 0.2) is 24.3 Å². The maximum atomic E-state index is 5.74. The van der Waals surface area contributed by atoms with Gasteiger partial charge in [0.05, 0.1) is 11.7 Å². The molecule has 120 valence electrons. The highest BCUT2D eigenvalue weighted by atomic mass is 35.5. The van der Waals surface area contributed by atoms with E-state index in [0.717, 1.165) is 31.7 Å². The molecule has 3 nitrogen and oxygen atoms in total. The van der Waals surface area contributed by atoms with Crippen LogP contribution in [0.25, 0.3) is 0 Å². The molecular formula is C17H28ClNO2. The Morgan fingerprint density at radius 2 is 1.95 bits per heavy atom. The van der Waals surface area contributed by atoms with Gasteiger partial charge in [0.15, 0.2) is 0 Å². The molecule has 0 aliphatic carbocycles. The lowest BCUT2D eigenvalue weighted by molar-refractivity contribution is -0.0630. The van der Waals surface area contributed by atoms with Crippen LogP contribution in [0.3, 0.4) is 0 Å². The van der Waals surface area contributed by atoms with E-state index in [4.69, 9.17) is 9.47 Å². The van der Waals surface area contributed by atoms with Crippen LogP contribution in [0.1, 0.15) is 46.1 Å². The predicted molar refractivity (Wildman–Crippen MR) is 89.3 cm³/mol. The molecule has 2 rings (SSSR count). The maximum absolute atomic E-state index is 5.74. The molecule has 0 aromatic heterocycles. The highest BCUT2D eigenvalue weighted by molar-refractivity contribution is 5.85. The van der Waals surface area contributed by atoms with Crippen LogP contribution in [0.4, 0.5) is 0 Å². The number of nitrogens with one attached hydrogen (secondary N) is 1. The number of halogens is 1. The molecule has 1 aromatic rings. The summed E-state index contributed by atoms with van der Waals surface area (Å²) in [5.74, 6) is 0.941. The standard InChI is InChI=1S/C17H27NO2.ClH/c1-13(2)20-16-7-5-14(6-8-16)12-18-15-9-10-19-17(3,4)11-15;/h5-8,13,15,18H,9-12H2,1-4H3;1H. The van der Waals surface area contributed by atoms with Crippen molar-refractivity contribution in [3.63, 3.8) is 0 Å². The summed E-state index contributed by atoms with van der Waals surface area (Å²) in [4.78, 5) is 0. The zero-order valence-corrected chi connectivity index (χ0v) is 14.3. The van der Waals surface area contributed by atoms with Gasteiger partial charge in [0.2, 0.25) is 0 Å². The summed E-state index contributed by atoms with van der Waals surface area (Å²) in [5.41, 5.74) is 1.30. The third-order valence-corrected chi connectivity index (χ3v) is 3.59. The first-order chi connectivity index (χ1) is 9.44. The Kier molecular flexibility index (Phi) is 6.98. The summed E-state index contributed by atoms with van der Waals surface area (Å²) in [7, 11) is 0. The van der Waals surface area contributed by atoms with Gasteiger partial charge in [0.1, 0.15) is 5.75 Å². The van der Waals surface area contributed by atoms with E-state index in [-0.39, 0.29) is 24.1 Å². The van der Waals surface area contributed by atoms with Crippen molar-refractivity contribution in [2.45, 2.75) is 64.8 Å². The molecular weight excluding hydrogens is 286 g/mol. The third kappa shape index (κ3) is 6.25. The van der Waals surface area contributed by atoms with E-state index in [0.29, 0.717) is 6.04 Å². The van der Waals surface area contributed by atoms with Crippen LogP contribution in [-0.2, 0) is 11.3 Å². The fraction of sp³-hybridized carbons (Fsp3) is 0.647. The molecule has 0 radical (unpaired) electrons. The predicted octanol–water partition coefficient (Wildman–Crippen LogP) is 3.94. The second kappa shape index (κ2) is 8.02. The molecule has 1 heterocycles. The number of hydrogen-bond acceptors (Lipinski definition) is 3. The molecule has 1 unspecified atom stereocenters. The van der Waals surface area contributed by atoms with E-state index in [1.807, 2.05) is 26.0 Å². The van der Waals surface area contributed by atoms with Crippen LogP contribution in [-0.4, -0.2) is 24.4 Å². The van der Waals surface area contributed by atoms with Crippen molar-refractivity contribution < 1.29 is 9.47 Å². The first kappa shape index (κ1) is 18.3. The highest BCUT2D eigenvalue weighted by Gasteiger charge is 2.28. The molecule has 1 atom stereocenters. The first-order valence-electron chi connectivity index (χ1n) is 7.57. The SMILES string of the molecule is CC(C)Oc1ccc(CNC2CCOC(C)(C)C2)cc1.Cl. The summed E-state index contributed by atoms with van der Waals surface area (Å²) in [6.45, 7) is 10.2. The first-order valence-corrected chi connectivity index (χ1v) is 7.57. The van der Waals surface area contributed by atoms with Gasteiger partial charge >= 0.3 is 0 Å². The Morgan fingerprint density at radius 3 is 2.52 bits per heavy atom. The molecule has 4 heteroatoms. The summed E-state index contributed by atoms with van der Waals surface area (Å²) in [6.07, 6.45) is 2.39. The summed E-state index contributed by atoms with van der Waals surface area (Å²) in [6, 6.07) is 8.91. The van der Waals surface area contributed by atoms with Crippen LogP contribution in [0.5, 0.6) is 5.75 Å². The van der Waals surface area contributed by atoms with Crippen molar-refractivity contribution in [2.24, 2.45) is 0 Å². The number of rotatable bonds is 5. The zero-order valence-electron chi connectivity index (χ0n) is 13.5. The van der Waals surface area contributed by atoms with Crippen molar-refractivity contribution in [1.29, 1.82) is 0 Å². The van der Waals surface area contributed by atoms with Crippen LogP contribution >= 0.6 is 12.4 Å². The van der Waals surface area contributed by atoms with Crippen molar-refractivity contribution in [1.82, 2.24) is 5.32 Å². The summed E-state index contributed by atoms with van der Waals surface area (Å²) < 4.78 is 11.4. The molecule has 0 saturated carbocycles. The Morgan fingerprint density at radius 1 is 1.29 bits per heavy atom. The average molecular weight is 314 g/mol. The minimum Gasteiger partial charge on any atom is -0.491 e. The molecule has 0 amide bonds. The third-order valence-electron chi connectivity index (χ3n) is 3.59. The van der Waals surface area contributed by atoms with E-state index in [1.165, 1.54) is 5.56 Å². The second-order valence-corrected chi connectivity index (χ2v) is 6.49. The van der Waals surface area contributed by atoms with Gasteiger partial charge in [-0.25, -0.2) is 0 Å². The topological polar surface area (TPSA) is 30.5 Å². The molecule has 1 aliphatic heterocycles. The Balaban J connectivity index is 0.00000220. The van der Waals surface area contributed by atoms with Crippen molar-refractivity contribution in [2.75, 3.05) is 6.61 Å². The molecule has 0 spiro atoms. The molecule has 1 aliphatic rings. The van der Waals surface area contributed by atoms with Crippen molar-refractivity contribution >= 4 is 12.4 Å². The van der Waals surface area contributed by atoms with Crippen molar-refractivity contribution in [3.8, 4) is 5.75 Å². The van der Waals surface area contributed by atoms with E-state index >= 15 is 0 Å². The lowest BCUT2D eigenvalue weighted by Gasteiger charge is -2.36. The number of hydrogen-bond donors (Lipinski definition) is 1. The van der Waals surface area contributed by atoms with Gasteiger partial charge in [0, 0.05) is 19.2 Å². The molecule has 0 bridgehead atoms. The fourth-order valence-corrected chi connectivity index (χ4v) is 2.63. The number of ether oxygens (including phenoxy) is 2.